The first kappa shape index (κ1) is 17.2. The lowest BCUT2D eigenvalue weighted by molar-refractivity contribution is 0.451. The van der Waals surface area contributed by atoms with E-state index in [1.807, 2.05) is 12.1 Å². The largest absolute Gasteiger partial charge is 0.508 e. The maximum Gasteiger partial charge on any atom is 0.127 e. The number of phenolic OH excluding ortho intramolecular Hbond substituents is 4. The summed E-state index contributed by atoms with van der Waals surface area (Å²) in [5, 5.41) is 39.4. The molecule has 4 aromatic rings. The van der Waals surface area contributed by atoms with Crippen LogP contribution in [0.1, 0.15) is 11.1 Å². The minimum atomic E-state index is 0.0322. The van der Waals surface area contributed by atoms with Gasteiger partial charge in [-0.2, -0.15) is 0 Å². The Morgan fingerprint density at radius 3 is 1.28 bits per heavy atom. The highest BCUT2D eigenvalue weighted by Crippen LogP contribution is 2.42. The molecule has 0 bridgehead atoms. The van der Waals surface area contributed by atoms with E-state index in [2.05, 4.69) is 24.3 Å². The third-order valence-corrected chi connectivity index (χ3v) is 5.47. The zero-order valence-corrected chi connectivity index (χ0v) is 15.4. The summed E-state index contributed by atoms with van der Waals surface area (Å²) in [6.45, 7) is 0. The van der Waals surface area contributed by atoms with Crippen molar-refractivity contribution in [2.75, 3.05) is 0 Å². The summed E-state index contributed by atoms with van der Waals surface area (Å²) in [7, 11) is 0. The van der Waals surface area contributed by atoms with Gasteiger partial charge in [-0.05, 0) is 64.1 Å². The molecule has 142 valence electrons. The van der Waals surface area contributed by atoms with Gasteiger partial charge in [0.1, 0.15) is 23.0 Å². The Kier molecular flexibility index (Phi) is 3.74. The van der Waals surface area contributed by atoms with E-state index in [9.17, 15) is 20.4 Å². The van der Waals surface area contributed by atoms with Gasteiger partial charge >= 0.3 is 0 Å². The minimum Gasteiger partial charge on any atom is -0.508 e. The fourth-order valence-corrected chi connectivity index (χ4v) is 4.07. The van der Waals surface area contributed by atoms with Crippen LogP contribution in [-0.2, 0) is 6.42 Å². The van der Waals surface area contributed by atoms with E-state index in [0.717, 1.165) is 39.8 Å². The molecule has 0 spiro atoms. The van der Waals surface area contributed by atoms with Crippen molar-refractivity contribution in [2.45, 2.75) is 6.42 Å². The number of hydrogen-bond donors (Lipinski definition) is 4. The molecule has 0 saturated carbocycles. The van der Waals surface area contributed by atoms with Gasteiger partial charge in [-0.25, -0.2) is 0 Å². The van der Waals surface area contributed by atoms with Crippen LogP contribution in [0.15, 0.2) is 72.8 Å². The monoisotopic (exact) mass is 382 g/mol. The normalized spacial score (nSPS) is 11.9. The van der Waals surface area contributed by atoms with Crippen LogP contribution in [0.2, 0.25) is 0 Å². The van der Waals surface area contributed by atoms with E-state index < -0.39 is 0 Å². The second-order valence-electron chi connectivity index (χ2n) is 7.32. The Labute approximate surface area is 167 Å². The highest BCUT2D eigenvalue weighted by molar-refractivity contribution is 5.84. The number of phenols is 4. The van der Waals surface area contributed by atoms with Gasteiger partial charge in [0.15, 0.2) is 0 Å². The lowest BCUT2D eigenvalue weighted by Gasteiger charge is -2.09. The number of benzene rings is 4. The highest BCUT2D eigenvalue weighted by atomic mass is 16.3. The number of rotatable bonds is 2. The van der Waals surface area contributed by atoms with Crippen LogP contribution in [-0.4, -0.2) is 20.4 Å². The minimum absolute atomic E-state index is 0.0322. The van der Waals surface area contributed by atoms with Gasteiger partial charge in [0, 0.05) is 23.3 Å². The fraction of sp³-hybridized carbons (Fsp3) is 0.0400. The van der Waals surface area contributed by atoms with Crippen molar-refractivity contribution in [1.82, 2.24) is 0 Å². The van der Waals surface area contributed by atoms with E-state index in [-0.39, 0.29) is 23.0 Å². The summed E-state index contributed by atoms with van der Waals surface area (Å²) >= 11 is 0. The van der Waals surface area contributed by atoms with Crippen molar-refractivity contribution >= 4 is 0 Å². The van der Waals surface area contributed by atoms with E-state index in [1.165, 1.54) is 12.1 Å². The molecule has 0 unspecified atom stereocenters. The maximum atomic E-state index is 10.2. The molecule has 4 aromatic carbocycles. The molecule has 4 nitrogen and oxygen atoms in total. The fourth-order valence-electron chi connectivity index (χ4n) is 4.07. The van der Waals surface area contributed by atoms with Gasteiger partial charge in [0.25, 0.3) is 0 Å². The van der Waals surface area contributed by atoms with Crippen LogP contribution < -0.4 is 0 Å². The van der Waals surface area contributed by atoms with E-state index >= 15 is 0 Å². The smallest absolute Gasteiger partial charge is 0.127 e. The Hall–Kier alpha value is -3.92. The van der Waals surface area contributed by atoms with Gasteiger partial charge in [0.05, 0.1) is 0 Å². The van der Waals surface area contributed by atoms with Crippen molar-refractivity contribution in [3.63, 3.8) is 0 Å². The third kappa shape index (κ3) is 2.86. The van der Waals surface area contributed by atoms with Gasteiger partial charge in [0.2, 0.25) is 0 Å². The van der Waals surface area contributed by atoms with Gasteiger partial charge in [-0.3, -0.25) is 0 Å². The molecule has 4 N–H and O–H groups in total. The van der Waals surface area contributed by atoms with Gasteiger partial charge in [-0.1, -0.05) is 36.4 Å². The van der Waals surface area contributed by atoms with Gasteiger partial charge < -0.3 is 20.4 Å². The van der Waals surface area contributed by atoms with Crippen molar-refractivity contribution < 1.29 is 20.4 Å². The van der Waals surface area contributed by atoms with Crippen LogP contribution in [0.4, 0.5) is 0 Å². The molecule has 0 fully saturated rings. The van der Waals surface area contributed by atoms with Crippen LogP contribution in [0.5, 0.6) is 23.0 Å². The molecule has 0 heterocycles. The Morgan fingerprint density at radius 2 is 0.862 bits per heavy atom. The number of fused-ring (bicyclic) bond motifs is 3. The van der Waals surface area contributed by atoms with Crippen molar-refractivity contribution in [3.8, 4) is 56.4 Å². The summed E-state index contributed by atoms with van der Waals surface area (Å²) in [5.41, 5.74) is 7.78. The zero-order chi connectivity index (χ0) is 20.1. The number of aromatic hydroxyl groups is 4. The molecule has 0 atom stereocenters. The molecule has 5 rings (SSSR count). The molecule has 4 heteroatoms. The molecule has 0 radical (unpaired) electrons. The Balaban J connectivity index is 1.54. The predicted octanol–water partition coefficient (Wildman–Crippen LogP) is 5.41. The lowest BCUT2D eigenvalue weighted by Crippen LogP contribution is -1.85. The van der Waals surface area contributed by atoms with Crippen molar-refractivity contribution in [2.24, 2.45) is 0 Å². The SMILES string of the molecule is Oc1ccc(-c2ccc3c(c2)Cc2cc(-c4ccc(O)cc4O)ccc2-3)c(O)c1. The molecule has 1 aliphatic carbocycles. The summed E-state index contributed by atoms with van der Waals surface area (Å²) < 4.78 is 0. The first-order valence-electron chi connectivity index (χ1n) is 9.30. The van der Waals surface area contributed by atoms with Crippen LogP contribution in [0.3, 0.4) is 0 Å². The highest BCUT2D eigenvalue weighted by Gasteiger charge is 2.20. The van der Waals surface area contributed by atoms with Gasteiger partial charge in [-0.15, -0.1) is 0 Å². The summed E-state index contributed by atoms with van der Waals surface area (Å²) in [4.78, 5) is 0. The molecule has 0 aromatic heterocycles. The maximum absolute atomic E-state index is 10.2. The van der Waals surface area contributed by atoms with E-state index in [1.54, 1.807) is 24.3 Å². The molecular formula is C25H18O4. The quantitative estimate of drug-likeness (QED) is 0.329. The second-order valence-corrected chi connectivity index (χ2v) is 7.32. The predicted molar refractivity (Wildman–Crippen MR) is 112 cm³/mol. The molecule has 29 heavy (non-hydrogen) atoms. The standard InChI is InChI=1S/C25H18O4/c26-18-3-7-22(24(28)12-18)14-1-5-20-16(9-14)11-17-10-15(2-6-21(17)20)23-8-4-19(27)13-25(23)29/h1-10,12-13,26-29H,11H2. The molecular weight excluding hydrogens is 364 g/mol. The van der Waals surface area contributed by atoms with Crippen molar-refractivity contribution in [1.29, 1.82) is 0 Å². The topological polar surface area (TPSA) is 80.9 Å². The Morgan fingerprint density at radius 1 is 0.448 bits per heavy atom. The zero-order valence-electron chi connectivity index (χ0n) is 15.4. The Bertz CT molecular complexity index is 1180. The molecule has 0 amide bonds. The van der Waals surface area contributed by atoms with Crippen molar-refractivity contribution in [3.05, 3.63) is 83.9 Å². The van der Waals surface area contributed by atoms with Crippen LogP contribution in [0.25, 0.3) is 33.4 Å². The van der Waals surface area contributed by atoms with E-state index in [4.69, 9.17) is 0 Å². The number of hydrogen-bond acceptors (Lipinski definition) is 4. The molecule has 0 saturated heterocycles. The summed E-state index contributed by atoms with van der Waals surface area (Å²) in [5.74, 6) is 0.158. The second kappa shape index (κ2) is 6.31. The molecule has 1 aliphatic rings. The summed E-state index contributed by atoms with van der Waals surface area (Å²) in [6.07, 6.45) is 0.754. The first-order chi connectivity index (χ1) is 14.0. The summed E-state index contributed by atoms with van der Waals surface area (Å²) in [6, 6.07) is 21.4. The lowest BCUT2D eigenvalue weighted by atomic mass is 9.97. The molecule has 0 aliphatic heterocycles. The average molecular weight is 382 g/mol. The van der Waals surface area contributed by atoms with E-state index in [0.29, 0.717) is 11.1 Å². The first-order valence-corrected chi connectivity index (χ1v) is 9.30. The van der Waals surface area contributed by atoms with Crippen LogP contribution in [0, 0.1) is 0 Å². The third-order valence-electron chi connectivity index (χ3n) is 5.47. The average Bonchev–Trinajstić information content (AvgIpc) is 3.04. The van der Waals surface area contributed by atoms with Crippen LogP contribution >= 0.6 is 0 Å².